The van der Waals surface area contributed by atoms with E-state index in [-0.39, 0.29) is 0 Å². The Kier molecular flexibility index (Phi) is 3.91. The normalized spacial score (nSPS) is 9.77. The molecule has 0 amide bonds. The smallest absolute Gasteiger partial charge is 0.114 e. The maximum atomic E-state index is 5.88. The highest BCUT2D eigenvalue weighted by Crippen LogP contribution is 2.29. The lowest BCUT2D eigenvalue weighted by atomic mass is 10.2. The second-order valence-electron chi connectivity index (χ2n) is 2.34. The molecule has 0 aliphatic heterocycles. The molecule has 1 aromatic rings. The molecular weight excluding hydrogens is 230 g/mol. The minimum absolute atomic E-state index is 0.346. The molecular formula is C9H7Cl3O. The van der Waals surface area contributed by atoms with E-state index in [1.807, 2.05) is 0 Å². The van der Waals surface area contributed by atoms with Crippen LogP contribution in [0.2, 0.25) is 15.1 Å². The van der Waals surface area contributed by atoms with E-state index in [1.54, 1.807) is 12.1 Å². The summed E-state index contributed by atoms with van der Waals surface area (Å²) in [6, 6.07) is 3.27. The zero-order valence-corrected chi connectivity index (χ0v) is 8.96. The van der Waals surface area contributed by atoms with Crippen LogP contribution in [0.5, 0.6) is 0 Å². The van der Waals surface area contributed by atoms with Crippen LogP contribution >= 0.6 is 34.8 Å². The van der Waals surface area contributed by atoms with Gasteiger partial charge in [-0.1, -0.05) is 41.4 Å². The van der Waals surface area contributed by atoms with Crippen molar-refractivity contribution in [3.05, 3.63) is 45.6 Å². The highest BCUT2D eigenvalue weighted by molar-refractivity contribution is 6.43. The largest absolute Gasteiger partial charge is 0.497 e. The summed E-state index contributed by atoms with van der Waals surface area (Å²) >= 11 is 17.4. The van der Waals surface area contributed by atoms with Crippen molar-refractivity contribution in [1.29, 1.82) is 0 Å². The van der Waals surface area contributed by atoms with E-state index in [1.165, 1.54) is 6.26 Å². The van der Waals surface area contributed by atoms with Gasteiger partial charge in [0.1, 0.15) is 6.61 Å². The van der Waals surface area contributed by atoms with Crippen LogP contribution in [0.4, 0.5) is 0 Å². The fourth-order valence-corrected chi connectivity index (χ4v) is 1.45. The van der Waals surface area contributed by atoms with Crippen molar-refractivity contribution in [2.24, 2.45) is 0 Å². The van der Waals surface area contributed by atoms with Crippen molar-refractivity contribution < 1.29 is 4.74 Å². The highest BCUT2D eigenvalue weighted by atomic mass is 35.5. The van der Waals surface area contributed by atoms with Crippen LogP contribution in [0.15, 0.2) is 25.0 Å². The van der Waals surface area contributed by atoms with Gasteiger partial charge in [-0.25, -0.2) is 0 Å². The monoisotopic (exact) mass is 236 g/mol. The molecule has 0 heterocycles. The number of ether oxygens (including phenoxy) is 1. The highest BCUT2D eigenvalue weighted by Gasteiger charge is 2.05. The predicted octanol–water partition coefficient (Wildman–Crippen LogP) is 4.31. The van der Waals surface area contributed by atoms with Crippen LogP contribution in [0.25, 0.3) is 0 Å². The molecule has 0 fully saturated rings. The van der Waals surface area contributed by atoms with Gasteiger partial charge in [0, 0.05) is 10.6 Å². The quantitative estimate of drug-likeness (QED) is 0.562. The van der Waals surface area contributed by atoms with Crippen molar-refractivity contribution >= 4 is 34.8 Å². The molecule has 0 radical (unpaired) electrons. The second-order valence-corrected chi connectivity index (χ2v) is 3.56. The first-order valence-electron chi connectivity index (χ1n) is 3.51. The first-order chi connectivity index (χ1) is 6.15. The topological polar surface area (TPSA) is 9.23 Å². The van der Waals surface area contributed by atoms with E-state index in [2.05, 4.69) is 6.58 Å². The lowest BCUT2D eigenvalue weighted by Gasteiger charge is -2.05. The summed E-state index contributed by atoms with van der Waals surface area (Å²) in [6.07, 6.45) is 1.35. The van der Waals surface area contributed by atoms with Gasteiger partial charge in [0.25, 0.3) is 0 Å². The van der Waals surface area contributed by atoms with Gasteiger partial charge in [-0.05, 0) is 12.1 Å². The van der Waals surface area contributed by atoms with Crippen LogP contribution in [-0.2, 0) is 11.3 Å². The Bertz CT molecular complexity index is 323. The molecule has 0 aliphatic carbocycles. The van der Waals surface area contributed by atoms with Crippen molar-refractivity contribution in [2.45, 2.75) is 6.61 Å². The molecule has 1 aromatic carbocycles. The first kappa shape index (κ1) is 10.7. The van der Waals surface area contributed by atoms with E-state index < -0.39 is 0 Å². The molecule has 0 unspecified atom stereocenters. The van der Waals surface area contributed by atoms with Crippen LogP contribution < -0.4 is 0 Å². The molecule has 0 atom stereocenters. The third kappa shape index (κ3) is 2.80. The summed E-state index contributed by atoms with van der Waals surface area (Å²) in [4.78, 5) is 0. The third-order valence-electron chi connectivity index (χ3n) is 1.45. The SMILES string of the molecule is C=COCc1cc(Cl)c(Cl)cc1Cl. The molecule has 1 nitrogen and oxygen atoms in total. The molecule has 0 aliphatic rings. The van der Waals surface area contributed by atoms with E-state index in [4.69, 9.17) is 39.5 Å². The van der Waals surface area contributed by atoms with Crippen molar-refractivity contribution in [1.82, 2.24) is 0 Å². The standard InChI is InChI=1S/C9H7Cl3O/c1-2-13-5-6-3-8(11)9(12)4-7(6)10/h2-4H,1,5H2. The first-order valence-corrected chi connectivity index (χ1v) is 4.64. The predicted molar refractivity (Wildman–Crippen MR) is 56.5 cm³/mol. The average molecular weight is 238 g/mol. The van der Waals surface area contributed by atoms with Crippen LogP contribution in [-0.4, -0.2) is 0 Å². The zero-order valence-electron chi connectivity index (χ0n) is 6.69. The van der Waals surface area contributed by atoms with Crippen LogP contribution in [0.1, 0.15) is 5.56 Å². The van der Waals surface area contributed by atoms with Gasteiger partial charge < -0.3 is 4.74 Å². The average Bonchev–Trinajstić information content (AvgIpc) is 2.09. The van der Waals surface area contributed by atoms with Crippen LogP contribution in [0.3, 0.4) is 0 Å². The Morgan fingerprint density at radius 3 is 2.38 bits per heavy atom. The minimum atomic E-state index is 0.346. The summed E-state index contributed by atoms with van der Waals surface area (Å²) in [5.41, 5.74) is 0.788. The number of rotatable bonds is 3. The summed E-state index contributed by atoms with van der Waals surface area (Å²) in [7, 11) is 0. The van der Waals surface area contributed by atoms with Crippen molar-refractivity contribution in [3.8, 4) is 0 Å². The molecule has 1 rings (SSSR count). The molecule has 0 saturated heterocycles. The Hall–Kier alpha value is -0.370. The van der Waals surface area contributed by atoms with Crippen molar-refractivity contribution in [3.63, 3.8) is 0 Å². The van der Waals surface area contributed by atoms with Gasteiger partial charge in [0.2, 0.25) is 0 Å². The Labute approximate surface area is 91.9 Å². The van der Waals surface area contributed by atoms with E-state index in [0.717, 1.165) is 5.56 Å². The Morgan fingerprint density at radius 1 is 1.15 bits per heavy atom. The maximum absolute atomic E-state index is 5.88. The molecule has 0 saturated carbocycles. The summed E-state index contributed by atoms with van der Waals surface area (Å²) < 4.78 is 4.97. The number of hydrogen-bond donors (Lipinski definition) is 0. The second kappa shape index (κ2) is 4.75. The molecule has 0 bridgehead atoms. The third-order valence-corrected chi connectivity index (χ3v) is 2.52. The summed E-state index contributed by atoms with van der Waals surface area (Å²) in [5, 5.41) is 1.44. The van der Waals surface area contributed by atoms with E-state index in [0.29, 0.717) is 21.7 Å². The minimum Gasteiger partial charge on any atom is -0.497 e. The zero-order chi connectivity index (χ0) is 9.84. The number of hydrogen-bond acceptors (Lipinski definition) is 1. The summed E-state index contributed by atoms with van der Waals surface area (Å²) in [5.74, 6) is 0. The summed E-state index contributed by atoms with van der Waals surface area (Å²) in [6.45, 7) is 3.77. The van der Waals surface area contributed by atoms with Gasteiger partial charge in [-0.3, -0.25) is 0 Å². The fourth-order valence-electron chi connectivity index (χ4n) is 0.823. The van der Waals surface area contributed by atoms with Gasteiger partial charge in [0.05, 0.1) is 16.3 Å². The molecule has 70 valence electrons. The molecule has 13 heavy (non-hydrogen) atoms. The van der Waals surface area contributed by atoms with Gasteiger partial charge in [-0.15, -0.1) is 0 Å². The van der Waals surface area contributed by atoms with Gasteiger partial charge >= 0.3 is 0 Å². The van der Waals surface area contributed by atoms with Gasteiger partial charge in [-0.2, -0.15) is 0 Å². The van der Waals surface area contributed by atoms with E-state index in [9.17, 15) is 0 Å². The lowest BCUT2D eigenvalue weighted by Crippen LogP contribution is -1.88. The Morgan fingerprint density at radius 2 is 1.77 bits per heavy atom. The molecule has 0 aromatic heterocycles. The van der Waals surface area contributed by atoms with Crippen LogP contribution in [0, 0.1) is 0 Å². The molecule has 4 heteroatoms. The number of benzene rings is 1. The molecule has 0 spiro atoms. The molecule has 0 N–H and O–H groups in total. The Balaban J connectivity index is 2.94. The van der Waals surface area contributed by atoms with Crippen molar-refractivity contribution in [2.75, 3.05) is 0 Å². The van der Waals surface area contributed by atoms with E-state index >= 15 is 0 Å². The maximum Gasteiger partial charge on any atom is 0.114 e. The number of halogens is 3. The fraction of sp³-hybridized carbons (Fsp3) is 0.111. The lowest BCUT2D eigenvalue weighted by molar-refractivity contribution is 0.238. The van der Waals surface area contributed by atoms with Gasteiger partial charge in [0.15, 0.2) is 0 Å².